The van der Waals surface area contributed by atoms with Gasteiger partial charge in [0.1, 0.15) is 52.7 Å². The lowest BCUT2D eigenvalue weighted by Crippen LogP contribution is -2.56. The van der Waals surface area contributed by atoms with Gasteiger partial charge in [-0.3, -0.25) is 52.5 Å². The lowest BCUT2D eigenvalue weighted by molar-refractivity contribution is -0.139. The molecule has 7 amide bonds. The number of aryl methyl sites for hydroxylation is 7. The summed E-state index contributed by atoms with van der Waals surface area (Å²) in [6.07, 6.45) is 5.44. The first kappa shape index (κ1) is 94.5. The van der Waals surface area contributed by atoms with Crippen LogP contribution < -0.4 is 68.2 Å². The molecule has 45 heteroatoms. The van der Waals surface area contributed by atoms with E-state index < -0.39 is 190 Å². The third-order valence-electron chi connectivity index (χ3n) is 17.8. The number of ether oxygens (including phenoxy) is 1. The molecule has 119 heavy (non-hydrogen) atoms. The number of carboxylic acid groups (broad SMARTS) is 2. The maximum atomic E-state index is 14.3. The fourth-order valence-corrected chi connectivity index (χ4v) is 17.3. The summed E-state index contributed by atoms with van der Waals surface area (Å²) >= 11 is 0. The van der Waals surface area contributed by atoms with Crippen LogP contribution >= 0.6 is 10.9 Å². The van der Waals surface area contributed by atoms with E-state index in [1.54, 1.807) is 61.8 Å². The minimum atomic E-state index is -5.16. The van der Waals surface area contributed by atoms with E-state index in [9.17, 15) is 106 Å². The second-order valence-electron chi connectivity index (χ2n) is 28.6. The minimum absolute atomic E-state index is 0. The van der Waals surface area contributed by atoms with Crippen molar-refractivity contribution in [2.45, 2.75) is 160 Å². The molecule has 4 heterocycles. The summed E-state index contributed by atoms with van der Waals surface area (Å²) in [6, 6.07) is 7.20. The molecule has 5 atom stereocenters. The Morgan fingerprint density at radius 3 is 1.38 bits per heavy atom. The number of amides is 7. The van der Waals surface area contributed by atoms with Crippen LogP contribution in [0.25, 0.3) is 21.8 Å². The number of nitrogens with one attached hydrogen (secondary N) is 13. The van der Waals surface area contributed by atoms with Gasteiger partial charge in [0.05, 0.1) is 37.4 Å². The van der Waals surface area contributed by atoms with Gasteiger partial charge in [-0.2, -0.15) is 17.9 Å². The number of pyridine rings is 2. The summed E-state index contributed by atoms with van der Waals surface area (Å²) in [5.41, 5.74) is -0.153. The molecule has 0 fully saturated rings. The van der Waals surface area contributed by atoms with Gasteiger partial charge in [-0.1, -0.05) is 55.5 Å². The molecule has 0 saturated heterocycles. The number of hydrogen-bond donors (Lipinski definition) is 19. The quantitative estimate of drug-likeness (QED) is 0.0193. The van der Waals surface area contributed by atoms with Crippen LogP contribution in [0.4, 0.5) is 16.7 Å². The van der Waals surface area contributed by atoms with E-state index in [1.165, 1.54) is 94.3 Å². The molecule has 41 nitrogen and oxygen atoms in total. The highest BCUT2D eigenvalue weighted by molar-refractivity contribution is 8.19. The molecule has 4 aromatic carbocycles. The van der Waals surface area contributed by atoms with E-state index in [0.29, 0.717) is 45.3 Å². The van der Waals surface area contributed by atoms with Gasteiger partial charge in [0.25, 0.3) is 21.9 Å². The first-order valence-corrected chi connectivity index (χ1v) is 42.6. The van der Waals surface area contributed by atoms with E-state index in [1.807, 2.05) is 0 Å². The van der Waals surface area contributed by atoms with Crippen LogP contribution in [0, 0.1) is 34.6 Å². The Morgan fingerprint density at radius 1 is 0.538 bits per heavy atom. The third kappa shape index (κ3) is 27.2. The van der Waals surface area contributed by atoms with Crippen molar-refractivity contribution in [1.29, 1.82) is 0 Å². The van der Waals surface area contributed by atoms with Crippen molar-refractivity contribution in [3.8, 4) is 0 Å². The Morgan fingerprint density at radius 2 is 0.975 bits per heavy atom. The molecular weight excluding hydrogens is 1640 g/mol. The highest BCUT2D eigenvalue weighted by atomic mass is 32.3. The number of aromatic amines is 2. The average Bonchev–Trinajstić information content (AvgIpc) is 1.24. The summed E-state index contributed by atoms with van der Waals surface area (Å²) < 4.78 is 132. The number of imidazole rings is 2. The van der Waals surface area contributed by atoms with Crippen molar-refractivity contribution in [2.24, 2.45) is 0 Å². The molecule has 4 aromatic heterocycles. The maximum absolute atomic E-state index is 14.3. The zero-order valence-corrected chi connectivity index (χ0v) is 68.3. The number of rotatable bonds is 41. The van der Waals surface area contributed by atoms with Gasteiger partial charge in [-0.05, 0) is 132 Å². The van der Waals surface area contributed by atoms with Crippen LogP contribution in [0.2, 0.25) is 0 Å². The molecule has 0 aliphatic rings. The van der Waals surface area contributed by atoms with Crippen molar-refractivity contribution < 1.29 is 102 Å². The zero-order chi connectivity index (χ0) is 86.9. The van der Waals surface area contributed by atoms with Crippen LogP contribution in [-0.4, -0.2) is 210 Å². The summed E-state index contributed by atoms with van der Waals surface area (Å²) in [5, 5.41) is 42.5. The lowest BCUT2D eigenvalue weighted by Gasteiger charge is -2.27. The van der Waals surface area contributed by atoms with Crippen molar-refractivity contribution in [2.75, 3.05) is 48.3 Å². The fraction of sp³-hybridized carbons (Fsp3) is 0.392. The molecule has 0 saturated carbocycles. The van der Waals surface area contributed by atoms with E-state index >= 15 is 0 Å². The summed E-state index contributed by atoms with van der Waals surface area (Å²) in [4.78, 5) is 164. The third-order valence-corrected chi connectivity index (χ3v) is 22.9. The number of fused-ring (bicyclic) bond motifs is 2. The van der Waals surface area contributed by atoms with E-state index in [4.69, 9.17) is 4.74 Å². The number of carbonyl (C=O) groups excluding carboxylic acids is 7. The average molecular weight is 1740 g/mol. The number of aromatic nitrogens is 6. The van der Waals surface area contributed by atoms with Gasteiger partial charge in [0, 0.05) is 107 Å². The number of sulfonamides is 2. The lowest BCUT2D eigenvalue weighted by atomic mass is 10.1. The molecule has 0 aliphatic carbocycles. The predicted octanol–water partition coefficient (Wildman–Crippen LogP) is 2.96. The van der Waals surface area contributed by atoms with Gasteiger partial charge in [-0.15, -0.1) is 0 Å². The predicted molar refractivity (Wildman–Crippen MR) is 438 cm³/mol. The normalized spacial score (nSPS) is 13.3. The molecule has 0 aliphatic heterocycles. The van der Waals surface area contributed by atoms with Crippen molar-refractivity contribution in [1.82, 2.24) is 75.7 Å². The molecule has 0 spiro atoms. The second-order valence-corrected chi connectivity index (χ2v) is 35.0. The van der Waals surface area contributed by atoms with Crippen LogP contribution in [-0.2, 0) is 89.8 Å². The van der Waals surface area contributed by atoms with Gasteiger partial charge in [-0.25, -0.2) is 31.6 Å². The van der Waals surface area contributed by atoms with Gasteiger partial charge in [0.2, 0.25) is 54.5 Å². The first-order chi connectivity index (χ1) is 55.3. The number of alkyl carbamates (subject to hydrolysis) is 1. The Bertz CT molecular complexity index is 5530. The first-order valence-electron chi connectivity index (χ1n) is 36.3. The van der Waals surface area contributed by atoms with Crippen molar-refractivity contribution in [3.63, 3.8) is 0 Å². The number of aliphatic carboxylic acids is 2. The number of hydrogen-bond acceptors (Lipinski definition) is 25. The second kappa shape index (κ2) is 40.6. The molecule has 0 radical (unpaired) electrons. The van der Waals surface area contributed by atoms with Gasteiger partial charge >= 0.3 is 18.0 Å². The van der Waals surface area contributed by atoms with E-state index in [-0.39, 0.29) is 91.1 Å². The summed E-state index contributed by atoms with van der Waals surface area (Å²) in [7, 11) is -18.7. The molecule has 19 N–H and O–H groups in total. The largest absolute Gasteiger partial charge is 0.480 e. The van der Waals surface area contributed by atoms with E-state index in [0.717, 1.165) is 18.0 Å². The topological polar surface area (TPSA) is 620 Å². The summed E-state index contributed by atoms with van der Waals surface area (Å²) in [5.74, 6) is -12.3. The monoisotopic (exact) mass is 1740 g/mol. The number of benzene rings is 4. The van der Waals surface area contributed by atoms with E-state index in [2.05, 4.69) is 77.2 Å². The van der Waals surface area contributed by atoms with Crippen molar-refractivity contribution >= 4 is 128 Å². The standard InChI is InChI=1S/C73H93N17O24S4.CH4/c1-40-28-43(4)62(44(5)29-40)118(112,113)88-53(69(101)102)35-81-64(95)50-37-90(57-31-46(15-17-48(57)60(50)93)33-83-71-78-24-25-79-71)27-11-21-75-66(97)55(39-116(107,108)109)85-67(98)51(86-72(103)114-73(6,7)8)18-19-58(91)84-54(38-115(104,105)106)65(96)74-20-10-26-89-36-49(59(92)47-16-14-45(30-56(47)89)32-82-70-76-22-23-77-70)63(94)80-34-52(68(99)100)87-117(110,111)61-41(2)12-9-13-42(61)3;/h9,12-17,22-25,28-31,36-37,51-55,87-88,104-106H,10-11,18-21,26-27,32-35,38-39H2,1-8H3,(H,74,96)(H,75,97)(H,80,94)(H,81,95)(H,84,91)(H,85,98)(H,86,103)(H,99,100)(H,101,102)(H2,76,77,82)(H2,78,79,83)(H,107,108,109);1H4/t51-,52-,53-,54-,55-;/m0./s1. The van der Waals surface area contributed by atoms with Crippen LogP contribution in [0.15, 0.2) is 123 Å². The molecule has 8 aromatic rings. The smallest absolute Gasteiger partial charge is 0.408 e. The van der Waals surface area contributed by atoms with Crippen LogP contribution in [0.1, 0.15) is 114 Å². The molecule has 0 unspecified atom stereocenters. The van der Waals surface area contributed by atoms with Crippen molar-refractivity contribution in [3.05, 3.63) is 174 Å². The number of anilines is 2. The highest BCUT2D eigenvalue weighted by Gasteiger charge is 2.36. The molecule has 8 rings (SSSR count). The highest BCUT2D eigenvalue weighted by Crippen LogP contribution is 2.33. The van der Waals surface area contributed by atoms with Gasteiger partial charge < -0.3 is 95.6 Å². The number of carboxylic acids is 2. The Labute approximate surface area is 684 Å². The Hall–Kier alpha value is -11.7. The zero-order valence-electron chi connectivity index (χ0n) is 65.1. The Kier molecular flexibility index (Phi) is 32.3. The SMILES string of the molecule is C.Cc1cc(C)c(S(=O)(=O)N[C@@H](CNC(=O)c2cn(CCCNC(=O)[C@H](CS(=O)(=O)O)NC(=O)[C@H](CCC(=O)N[C@@H](CS(O)(O)O)C(=O)NCCCn3cc(C(=O)NC[C@H](NS(=O)(=O)c4c(C)cccc4C)C(=O)O)c(=O)c4ccc(CNc5ncc[nH]5)cc43)NC(=O)OC(C)(C)C)c3cc(CNc4ncc[nH]4)ccc3c2=O)C(=O)O)c(C)c1. The van der Waals surface area contributed by atoms with Crippen LogP contribution in [0.3, 0.4) is 0 Å². The number of nitrogens with zero attached hydrogens (tertiary/aromatic N) is 4. The van der Waals surface area contributed by atoms with Crippen LogP contribution in [0.5, 0.6) is 0 Å². The van der Waals surface area contributed by atoms with Gasteiger partial charge in [0.15, 0.2) is 11.9 Å². The minimum Gasteiger partial charge on any atom is -0.480 e. The molecule has 0 bridgehead atoms. The molecular formula is C74H97N17O24S4. The number of H-pyrrole nitrogens is 2. The Balaban J connectivity index is 0.0000195. The maximum Gasteiger partial charge on any atom is 0.408 e. The summed E-state index contributed by atoms with van der Waals surface area (Å²) in [6.45, 7) is 9.93. The fourth-order valence-electron chi connectivity index (χ4n) is 12.6. The number of carbonyl (C=O) groups is 9. The molecule has 646 valence electrons.